The third kappa shape index (κ3) is 10.1. The topological polar surface area (TPSA) is 124 Å². The van der Waals surface area contributed by atoms with Crippen LogP contribution >= 0.6 is 0 Å². The summed E-state index contributed by atoms with van der Waals surface area (Å²) in [6.45, 7) is 6.06. The van der Waals surface area contributed by atoms with E-state index < -0.39 is 12.2 Å². The molecule has 5 rings (SSSR count). The average Bonchev–Trinajstić information content (AvgIpc) is 3.76. The molecule has 0 spiro atoms. The number of rotatable bonds is 15. The molecule has 0 aliphatic carbocycles. The normalized spacial score (nSPS) is 24.1. The van der Waals surface area contributed by atoms with Gasteiger partial charge in [0.2, 0.25) is 11.8 Å². The van der Waals surface area contributed by atoms with E-state index in [2.05, 4.69) is 27.2 Å². The Hall–Kier alpha value is -2.86. The summed E-state index contributed by atoms with van der Waals surface area (Å²) >= 11 is 0. The van der Waals surface area contributed by atoms with E-state index in [4.69, 9.17) is 14.7 Å². The van der Waals surface area contributed by atoms with Crippen molar-refractivity contribution in [3.05, 3.63) is 70.8 Å². The van der Waals surface area contributed by atoms with Crippen molar-refractivity contribution in [2.45, 2.75) is 102 Å². The molecule has 2 aromatic rings. The highest BCUT2D eigenvalue weighted by molar-refractivity contribution is 5.76. The highest BCUT2D eigenvalue weighted by atomic mass is 16.7. The lowest BCUT2D eigenvalue weighted by Crippen LogP contribution is -2.45. The predicted molar refractivity (Wildman–Crippen MR) is 170 cm³/mol. The van der Waals surface area contributed by atoms with E-state index >= 15 is 0 Å². The first kappa shape index (κ1) is 33.5. The van der Waals surface area contributed by atoms with Crippen molar-refractivity contribution < 1.29 is 29.4 Å². The second kappa shape index (κ2) is 17.2. The summed E-state index contributed by atoms with van der Waals surface area (Å²) in [5.41, 5.74) is 5.55. The van der Waals surface area contributed by atoms with Gasteiger partial charge in [-0.25, -0.2) is 5.48 Å². The zero-order valence-electron chi connectivity index (χ0n) is 26.4. The first-order valence-corrected chi connectivity index (χ1v) is 16.8. The number of amides is 2. The molecule has 3 saturated heterocycles. The molecule has 246 valence electrons. The lowest BCUT2D eigenvalue weighted by atomic mass is 9.99. The van der Waals surface area contributed by atoms with Gasteiger partial charge in [-0.1, -0.05) is 55.0 Å². The van der Waals surface area contributed by atoms with Crippen LogP contribution in [0.1, 0.15) is 98.9 Å². The van der Waals surface area contributed by atoms with Gasteiger partial charge in [0.05, 0.1) is 18.8 Å². The van der Waals surface area contributed by atoms with Gasteiger partial charge in [-0.2, -0.15) is 0 Å². The molecule has 3 aliphatic rings. The monoisotopic (exact) mass is 622 g/mol. The number of carbonyl (C=O) groups excluding carboxylic acids is 2. The maximum Gasteiger partial charge on any atom is 0.243 e. The zero-order chi connectivity index (χ0) is 31.4. The molecule has 45 heavy (non-hydrogen) atoms. The van der Waals surface area contributed by atoms with Gasteiger partial charge in [0.25, 0.3) is 0 Å². The van der Waals surface area contributed by atoms with Crippen molar-refractivity contribution >= 4 is 11.8 Å². The van der Waals surface area contributed by atoms with Gasteiger partial charge in [0.1, 0.15) is 0 Å². The van der Waals surface area contributed by atoms with Gasteiger partial charge in [-0.05, 0) is 74.8 Å². The lowest BCUT2D eigenvalue weighted by molar-refractivity contribution is -0.253. The summed E-state index contributed by atoms with van der Waals surface area (Å²) < 4.78 is 13.2. The number of carbonyl (C=O) groups is 2. The van der Waals surface area contributed by atoms with Crippen molar-refractivity contribution in [1.29, 1.82) is 0 Å². The quantitative estimate of drug-likeness (QED) is 0.131. The Morgan fingerprint density at radius 3 is 2.20 bits per heavy atom. The highest BCUT2D eigenvalue weighted by Crippen LogP contribution is 2.39. The summed E-state index contributed by atoms with van der Waals surface area (Å²) in [5.74, 6) is -0.421. The highest BCUT2D eigenvalue weighted by Gasteiger charge is 2.36. The second-order valence-electron chi connectivity index (χ2n) is 12.8. The van der Waals surface area contributed by atoms with Gasteiger partial charge in [-0.15, -0.1) is 0 Å². The van der Waals surface area contributed by atoms with Crippen molar-refractivity contribution in [3.63, 3.8) is 0 Å². The van der Waals surface area contributed by atoms with Crippen LogP contribution in [0.25, 0.3) is 0 Å². The summed E-state index contributed by atoms with van der Waals surface area (Å²) in [7, 11) is 0. The molecular formula is C35H50N4O6. The third-order valence-corrected chi connectivity index (χ3v) is 9.39. The minimum atomic E-state index is -0.498. The zero-order valence-corrected chi connectivity index (χ0v) is 26.4. The number of hydrogen-bond donors (Lipinski definition) is 4. The molecule has 4 atom stereocenters. The fraction of sp³-hybridized carbons (Fsp3) is 0.600. The summed E-state index contributed by atoms with van der Waals surface area (Å²) in [6, 6.07) is 16.7. The fourth-order valence-corrected chi connectivity index (χ4v) is 6.79. The van der Waals surface area contributed by atoms with Crippen LogP contribution in [0, 0.1) is 0 Å². The summed E-state index contributed by atoms with van der Waals surface area (Å²) in [4.78, 5) is 28.6. The Morgan fingerprint density at radius 1 is 0.800 bits per heavy atom. The standard InChI is InChI=1S/C35H50N4O6/c40-25-27-12-14-28(15-13-27)32-21-31(24-39-20-6-7-30(39)23-38-18-4-5-19-38)44-35(45-32)29-16-10-26(11-17-29)22-36-33(41)8-2-1-3-9-34(42)37-43/h10-17,30-32,35,40,43H,1-9,18-25H2,(H,36,41)(H,37,42)/t30-,31-,32+,35+/m0/s1. The molecule has 0 saturated carbocycles. The number of aliphatic hydroxyl groups excluding tert-OH is 1. The van der Waals surface area contributed by atoms with Gasteiger partial charge in [-0.3, -0.25) is 19.7 Å². The van der Waals surface area contributed by atoms with Gasteiger partial charge in [0, 0.05) is 50.5 Å². The molecule has 4 N–H and O–H groups in total. The molecule has 2 amide bonds. The Balaban J connectivity index is 1.17. The average molecular weight is 623 g/mol. The third-order valence-electron chi connectivity index (χ3n) is 9.39. The maximum absolute atomic E-state index is 12.3. The number of hydroxylamine groups is 1. The maximum atomic E-state index is 12.3. The van der Waals surface area contributed by atoms with Crippen LogP contribution in [0.2, 0.25) is 0 Å². The van der Waals surface area contributed by atoms with Crippen LogP contribution in [0.3, 0.4) is 0 Å². The number of hydrogen-bond acceptors (Lipinski definition) is 8. The largest absolute Gasteiger partial charge is 0.392 e. The lowest BCUT2D eigenvalue weighted by Gasteiger charge is -2.39. The molecule has 0 unspecified atom stereocenters. The Labute approximate surface area is 267 Å². The number of unbranched alkanes of at least 4 members (excludes halogenated alkanes) is 2. The molecule has 2 aromatic carbocycles. The van der Waals surface area contributed by atoms with E-state index in [0.29, 0.717) is 31.8 Å². The molecule has 3 heterocycles. The Bertz CT molecular complexity index is 1200. The van der Waals surface area contributed by atoms with Gasteiger partial charge in [0.15, 0.2) is 6.29 Å². The van der Waals surface area contributed by atoms with Crippen LogP contribution in [0.15, 0.2) is 48.5 Å². The predicted octanol–water partition coefficient (Wildman–Crippen LogP) is 4.36. The van der Waals surface area contributed by atoms with E-state index in [0.717, 1.165) is 54.7 Å². The molecule has 10 heteroatoms. The van der Waals surface area contributed by atoms with Crippen LogP contribution < -0.4 is 10.8 Å². The summed E-state index contributed by atoms with van der Waals surface area (Å²) in [5, 5.41) is 21.1. The molecule has 3 aliphatic heterocycles. The molecule has 0 radical (unpaired) electrons. The molecule has 3 fully saturated rings. The van der Waals surface area contributed by atoms with Crippen molar-refractivity contribution in [2.75, 3.05) is 32.7 Å². The Morgan fingerprint density at radius 2 is 1.49 bits per heavy atom. The van der Waals surface area contributed by atoms with E-state index in [9.17, 15) is 14.7 Å². The Kier molecular flexibility index (Phi) is 12.8. The van der Waals surface area contributed by atoms with Crippen molar-refractivity contribution in [1.82, 2.24) is 20.6 Å². The minimum Gasteiger partial charge on any atom is -0.392 e. The molecule has 0 bridgehead atoms. The second-order valence-corrected chi connectivity index (χ2v) is 12.8. The SMILES string of the molecule is O=C(CCCCCC(=O)NCc1ccc([C@@H]2O[C@H](CN3CCC[C@H]3CN3CCCC3)C[C@H](c3ccc(CO)cc3)O2)cc1)NO. The number of nitrogens with zero attached hydrogens (tertiary/aromatic N) is 2. The van der Waals surface area contributed by atoms with Crippen LogP contribution in [-0.4, -0.2) is 76.8 Å². The number of benzene rings is 2. The van der Waals surface area contributed by atoms with E-state index in [1.807, 2.05) is 36.4 Å². The minimum absolute atomic E-state index is 0.0197. The van der Waals surface area contributed by atoms with Crippen molar-refractivity contribution in [3.8, 4) is 0 Å². The molecule has 10 nitrogen and oxygen atoms in total. The van der Waals surface area contributed by atoms with E-state index in [-0.39, 0.29) is 31.1 Å². The van der Waals surface area contributed by atoms with Gasteiger partial charge >= 0.3 is 0 Å². The van der Waals surface area contributed by atoms with E-state index in [1.165, 1.54) is 38.8 Å². The van der Waals surface area contributed by atoms with E-state index in [1.54, 1.807) is 5.48 Å². The number of aliphatic hydroxyl groups is 1. The van der Waals surface area contributed by atoms with Crippen LogP contribution in [0.4, 0.5) is 0 Å². The van der Waals surface area contributed by atoms with Crippen LogP contribution in [0.5, 0.6) is 0 Å². The first-order chi connectivity index (χ1) is 22.0. The summed E-state index contributed by atoms with van der Waals surface area (Å²) in [6.07, 6.45) is 8.05. The van der Waals surface area contributed by atoms with Gasteiger partial charge < -0.3 is 24.8 Å². The molecular weight excluding hydrogens is 572 g/mol. The number of likely N-dealkylation sites (tertiary alicyclic amines) is 2. The first-order valence-electron chi connectivity index (χ1n) is 16.8. The fourth-order valence-electron chi connectivity index (χ4n) is 6.79. The van der Waals surface area contributed by atoms with Crippen LogP contribution in [-0.2, 0) is 32.2 Å². The van der Waals surface area contributed by atoms with Crippen molar-refractivity contribution in [2.24, 2.45) is 0 Å². The smallest absolute Gasteiger partial charge is 0.243 e. The molecule has 0 aromatic heterocycles. The number of ether oxygens (including phenoxy) is 2. The number of nitrogens with one attached hydrogen (secondary N) is 2.